The Morgan fingerprint density at radius 1 is 1.28 bits per heavy atom. The van der Waals surface area contributed by atoms with Crippen molar-refractivity contribution in [2.45, 2.75) is 45.6 Å². The topological polar surface area (TPSA) is 21.3 Å². The second-order valence-electron chi connectivity index (χ2n) is 4.54. The van der Waals surface area contributed by atoms with Crippen LogP contribution in [-0.2, 0) is 0 Å². The summed E-state index contributed by atoms with van der Waals surface area (Å²) in [5.74, 6) is 0.0262. The fraction of sp³-hybridized carbons (Fsp3) is 0.600. The Morgan fingerprint density at radius 3 is 2.61 bits per heavy atom. The van der Waals surface area contributed by atoms with Crippen LogP contribution in [0.5, 0.6) is 5.75 Å². The summed E-state index contributed by atoms with van der Waals surface area (Å²) in [6, 6.07) is 5.48. The molecule has 1 aromatic carbocycles. The van der Waals surface area contributed by atoms with Crippen molar-refractivity contribution in [1.82, 2.24) is 5.32 Å². The van der Waals surface area contributed by atoms with E-state index in [0.29, 0.717) is 5.75 Å². The van der Waals surface area contributed by atoms with E-state index in [0.717, 1.165) is 37.8 Å². The van der Waals surface area contributed by atoms with Crippen LogP contribution >= 0.6 is 0 Å². The number of nitrogens with one attached hydrogen (secondary N) is 1. The van der Waals surface area contributed by atoms with Gasteiger partial charge in [0.05, 0.1) is 7.11 Å². The first-order chi connectivity index (χ1) is 8.72. The minimum absolute atomic E-state index is 0.241. The molecule has 1 atom stereocenters. The van der Waals surface area contributed by atoms with Crippen LogP contribution in [-0.4, -0.2) is 13.7 Å². The summed E-state index contributed by atoms with van der Waals surface area (Å²) in [5.41, 5.74) is 1.01. The van der Waals surface area contributed by atoms with Crippen LogP contribution in [0.25, 0.3) is 0 Å². The Morgan fingerprint density at radius 2 is 2.06 bits per heavy atom. The third-order valence-electron chi connectivity index (χ3n) is 3.07. The molecule has 0 aliphatic carbocycles. The van der Waals surface area contributed by atoms with Crippen molar-refractivity contribution < 1.29 is 9.13 Å². The molecule has 0 saturated carbocycles. The first-order valence-corrected chi connectivity index (χ1v) is 6.79. The van der Waals surface area contributed by atoms with Gasteiger partial charge in [0, 0.05) is 6.04 Å². The van der Waals surface area contributed by atoms with Crippen LogP contribution in [0.2, 0.25) is 0 Å². The van der Waals surface area contributed by atoms with Gasteiger partial charge in [-0.25, -0.2) is 4.39 Å². The van der Waals surface area contributed by atoms with E-state index in [1.165, 1.54) is 7.11 Å². The first kappa shape index (κ1) is 15.0. The van der Waals surface area contributed by atoms with Crippen LogP contribution in [0.4, 0.5) is 4.39 Å². The lowest BCUT2D eigenvalue weighted by Crippen LogP contribution is -2.22. The third kappa shape index (κ3) is 4.30. The van der Waals surface area contributed by atoms with Crippen LogP contribution in [0.15, 0.2) is 18.2 Å². The van der Waals surface area contributed by atoms with Gasteiger partial charge in [0.2, 0.25) is 0 Å². The summed E-state index contributed by atoms with van der Waals surface area (Å²) >= 11 is 0. The fourth-order valence-electron chi connectivity index (χ4n) is 2.01. The average Bonchev–Trinajstić information content (AvgIpc) is 2.39. The van der Waals surface area contributed by atoms with E-state index in [1.807, 2.05) is 6.07 Å². The monoisotopic (exact) mass is 253 g/mol. The number of unbranched alkanes of at least 4 members (excludes halogenated alkanes) is 1. The molecule has 1 aromatic rings. The van der Waals surface area contributed by atoms with Crippen molar-refractivity contribution in [3.8, 4) is 5.75 Å². The minimum atomic E-state index is -0.283. The van der Waals surface area contributed by atoms with Gasteiger partial charge in [-0.1, -0.05) is 32.8 Å². The van der Waals surface area contributed by atoms with Crippen LogP contribution < -0.4 is 10.1 Å². The molecular weight excluding hydrogens is 229 g/mol. The summed E-state index contributed by atoms with van der Waals surface area (Å²) in [7, 11) is 1.49. The fourth-order valence-corrected chi connectivity index (χ4v) is 2.01. The highest BCUT2D eigenvalue weighted by molar-refractivity contribution is 5.31. The normalized spacial score (nSPS) is 12.4. The molecular formula is C15H24FNO. The van der Waals surface area contributed by atoms with Crippen molar-refractivity contribution in [3.63, 3.8) is 0 Å². The molecule has 102 valence electrons. The lowest BCUT2D eigenvalue weighted by atomic mass is 10.0. The van der Waals surface area contributed by atoms with E-state index < -0.39 is 0 Å². The standard InChI is InChI=1S/C15H24FNO/c1-4-6-7-14(17-10-5-2)12-8-9-15(18-3)13(16)11-12/h8-9,11,14,17H,4-7,10H2,1-3H3. The van der Waals surface area contributed by atoms with Gasteiger partial charge in [0.1, 0.15) is 0 Å². The Labute approximate surface area is 110 Å². The molecule has 1 rings (SSSR count). The zero-order valence-electron chi connectivity index (χ0n) is 11.6. The van der Waals surface area contributed by atoms with E-state index >= 15 is 0 Å². The Bertz CT molecular complexity index is 346. The highest BCUT2D eigenvalue weighted by Crippen LogP contribution is 2.24. The number of rotatable bonds is 8. The smallest absolute Gasteiger partial charge is 0.165 e. The SMILES string of the molecule is CCCCC(NCCC)c1ccc(OC)c(F)c1. The highest BCUT2D eigenvalue weighted by atomic mass is 19.1. The van der Waals surface area contributed by atoms with Gasteiger partial charge in [-0.2, -0.15) is 0 Å². The van der Waals surface area contributed by atoms with E-state index in [-0.39, 0.29) is 11.9 Å². The molecule has 0 spiro atoms. The highest BCUT2D eigenvalue weighted by Gasteiger charge is 2.12. The number of hydrogen-bond donors (Lipinski definition) is 1. The molecule has 3 heteroatoms. The zero-order valence-corrected chi connectivity index (χ0v) is 11.6. The third-order valence-corrected chi connectivity index (χ3v) is 3.07. The summed E-state index contributed by atoms with van der Waals surface area (Å²) in [6.45, 7) is 5.27. The van der Waals surface area contributed by atoms with Gasteiger partial charge in [0.15, 0.2) is 11.6 Å². The maximum atomic E-state index is 13.7. The van der Waals surface area contributed by atoms with E-state index in [2.05, 4.69) is 19.2 Å². The van der Waals surface area contributed by atoms with Crippen molar-refractivity contribution in [3.05, 3.63) is 29.6 Å². The van der Waals surface area contributed by atoms with Crippen molar-refractivity contribution >= 4 is 0 Å². The molecule has 0 aliphatic rings. The molecule has 2 nitrogen and oxygen atoms in total. The molecule has 18 heavy (non-hydrogen) atoms. The Kier molecular flexibility index (Phi) is 6.73. The van der Waals surface area contributed by atoms with Gasteiger partial charge in [0.25, 0.3) is 0 Å². The number of ether oxygens (including phenoxy) is 1. The van der Waals surface area contributed by atoms with Crippen molar-refractivity contribution in [1.29, 1.82) is 0 Å². The number of methoxy groups -OCH3 is 1. The van der Waals surface area contributed by atoms with Crippen LogP contribution in [0, 0.1) is 5.82 Å². The Balaban J connectivity index is 2.79. The molecule has 0 amide bonds. The van der Waals surface area contributed by atoms with Gasteiger partial charge in [-0.3, -0.25) is 0 Å². The van der Waals surface area contributed by atoms with Gasteiger partial charge in [-0.05, 0) is 37.1 Å². The van der Waals surface area contributed by atoms with E-state index in [1.54, 1.807) is 12.1 Å². The summed E-state index contributed by atoms with van der Waals surface area (Å²) in [4.78, 5) is 0. The van der Waals surface area contributed by atoms with Gasteiger partial charge >= 0.3 is 0 Å². The largest absolute Gasteiger partial charge is 0.494 e. The second kappa shape index (κ2) is 8.09. The molecule has 0 bridgehead atoms. The predicted octanol–water partition coefficient (Wildman–Crippen LogP) is 4.07. The molecule has 0 radical (unpaired) electrons. The molecule has 0 fully saturated rings. The lowest BCUT2D eigenvalue weighted by molar-refractivity contribution is 0.385. The summed E-state index contributed by atoms with van der Waals surface area (Å²) in [6.07, 6.45) is 4.43. The van der Waals surface area contributed by atoms with Crippen molar-refractivity contribution in [2.24, 2.45) is 0 Å². The van der Waals surface area contributed by atoms with Crippen LogP contribution in [0.3, 0.4) is 0 Å². The first-order valence-electron chi connectivity index (χ1n) is 6.79. The minimum Gasteiger partial charge on any atom is -0.494 e. The quantitative estimate of drug-likeness (QED) is 0.754. The molecule has 0 heterocycles. The van der Waals surface area contributed by atoms with Gasteiger partial charge in [-0.15, -0.1) is 0 Å². The maximum Gasteiger partial charge on any atom is 0.165 e. The molecule has 0 aromatic heterocycles. The molecule has 0 aliphatic heterocycles. The lowest BCUT2D eigenvalue weighted by Gasteiger charge is -2.19. The molecule has 1 N–H and O–H groups in total. The maximum absolute atomic E-state index is 13.7. The number of benzene rings is 1. The number of hydrogen-bond acceptors (Lipinski definition) is 2. The summed E-state index contributed by atoms with van der Waals surface area (Å²) in [5, 5.41) is 3.48. The zero-order chi connectivity index (χ0) is 13.4. The van der Waals surface area contributed by atoms with E-state index in [4.69, 9.17) is 4.74 Å². The van der Waals surface area contributed by atoms with E-state index in [9.17, 15) is 4.39 Å². The predicted molar refractivity (Wildman–Crippen MR) is 73.5 cm³/mol. The summed E-state index contributed by atoms with van der Waals surface area (Å²) < 4.78 is 18.6. The van der Waals surface area contributed by atoms with Crippen molar-refractivity contribution in [2.75, 3.05) is 13.7 Å². The molecule has 0 saturated heterocycles. The molecule has 1 unspecified atom stereocenters. The Hall–Kier alpha value is -1.09. The second-order valence-corrected chi connectivity index (χ2v) is 4.54. The number of halogens is 1. The average molecular weight is 253 g/mol. The van der Waals surface area contributed by atoms with Crippen LogP contribution in [0.1, 0.15) is 51.1 Å². The van der Waals surface area contributed by atoms with Gasteiger partial charge < -0.3 is 10.1 Å².